The average Bonchev–Trinajstić information content (AvgIpc) is 3.40. The number of hydrogen-bond donors (Lipinski definition) is 0. The molecule has 6 rings (SSSR count). The Bertz CT molecular complexity index is 980. The van der Waals surface area contributed by atoms with Crippen molar-refractivity contribution in [3.05, 3.63) is 48.0 Å². The van der Waals surface area contributed by atoms with Gasteiger partial charge in [0.1, 0.15) is 0 Å². The maximum Gasteiger partial charge on any atom is 0.0720 e. The van der Waals surface area contributed by atoms with Crippen LogP contribution < -0.4 is 0 Å². The fourth-order valence-electron chi connectivity index (χ4n) is 11.4. The van der Waals surface area contributed by atoms with Crippen molar-refractivity contribution in [2.75, 3.05) is 0 Å². The molecule has 5 saturated carbocycles. The second-order valence-corrected chi connectivity index (χ2v) is 15.1. The SMILES string of the molecule is CC[C@H](C=C[C@@H](C)[C@H]1CC[C@H]2[C@@H]3C[C@H](OCc4ccccc4)[C@]45C[C@@H]4CC[C@]5(C)[C@H]3CC[C@]12C)C(C)C. The Morgan fingerprint density at radius 2 is 1.73 bits per heavy atom. The van der Waals surface area contributed by atoms with Gasteiger partial charge in [-0.25, -0.2) is 0 Å². The van der Waals surface area contributed by atoms with Crippen LogP contribution in [0.4, 0.5) is 0 Å². The molecule has 0 radical (unpaired) electrons. The zero-order chi connectivity index (χ0) is 26.0. The van der Waals surface area contributed by atoms with Gasteiger partial charge in [0, 0.05) is 5.41 Å². The minimum atomic E-state index is 0.474. The Kier molecular flexibility index (Phi) is 6.74. The minimum absolute atomic E-state index is 0.474. The fraction of sp³-hybridized carbons (Fsp3) is 0.778. The van der Waals surface area contributed by atoms with Crippen molar-refractivity contribution in [2.24, 2.45) is 63.6 Å². The molecule has 0 unspecified atom stereocenters. The maximum absolute atomic E-state index is 6.99. The molecule has 5 aliphatic carbocycles. The van der Waals surface area contributed by atoms with Crippen molar-refractivity contribution in [3.8, 4) is 0 Å². The number of rotatable bonds is 8. The number of benzene rings is 1. The summed E-state index contributed by atoms with van der Waals surface area (Å²) in [5, 5.41) is 0. The van der Waals surface area contributed by atoms with Crippen LogP contribution in [0.15, 0.2) is 42.5 Å². The zero-order valence-electron chi connectivity index (χ0n) is 24.7. The molecule has 5 aliphatic rings. The normalized spacial score (nSPS) is 45.8. The van der Waals surface area contributed by atoms with Crippen LogP contribution in [0.25, 0.3) is 0 Å². The Balaban J connectivity index is 1.23. The van der Waals surface area contributed by atoms with E-state index in [0.29, 0.717) is 28.3 Å². The second kappa shape index (κ2) is 9.53. The highest BCUT2D eigenvalue weighted by Crippen LogP contribution is 2.82. The molecule has 0 heterocycles. The van der Waals surface area contributed by atoms with E-state index in [1.807, 2.05) is 0 Å². The van der Waals surface area contributed by atoms with E-state index < -0.39 is 0 Å². The van der Waals surface area contributed by atoms with Crippen molar-refractivity contribution >= 4 is 0 Å². The summed E-state index contributed by atoms with van der Waals surface area (Å²) in [6.07, 6.45) is 18.5. The molecule has 37 heavy (non-hydrogen) atoms. The summed E-state index contributed by atoms with van der Waals surface area (Å²) < 4.78 is 6.99. The summed E-state index contributed by atoms with van der Waals surface area (Å²) in [4.78, 5) is 0. The molecule has 1 nitrogen and oxygen atoms in total. The van der Waals surface area contributed by atoms with E-state index in [9.17, 15) is 0 Å². The van der Waals surface area contributed by atoms with Crippen LogP contribution in [0.2, 0.25) is 0 Å². The Morgan fingerprint density at radius 1 is 0.946 bits per heavy atom. The maximum atomic E-state index is 6.99. The minimum Gasteiger partial charge on any atom is -0.373 e. The highest BCUT2D eigenvalue weighted by atomic mass is 16.5. The number of hydrogen-bond acceptors (Lipinski definition) is 1. The van der Waals surface area contributed by atoms with Gasteiger partial charge in [0.2, 0.25) is 0 Å². The van der Waals surface area contributed by atoms with Gasteiger partial charge in [0.25, 0.3) is 0 Å². The van der Waals surface area contributed by atoms with E-state index in [2.05, 4.69) is 84.0 Å². The molecule has 1 aromatic rings. The van der Waals surface area contributed by atoms with E-state index in [0.717, 1.165) is 48.0 Å². The molecule has 1 spiro atoms. The van der Waals surface area contributed by atoms with Crippen molar-refractivity contribution in [2.45, 2.75) is 112 Å². The van der Waals surface area contributed by atoms with E-state index >= 15 is 0 Å². The van der Waals surface area contributed by atoms with Crippen molar-refractivity contribution in [1.29, 1.82) is 0 Å². The molecule has 0 amide bonds. The largest absolute Gasteiger partial charge is 0.373 e. The molecule has 0 saturated heterocycles. The molecule has 11 atom stereocenters. The van der Waals surface area contributed by atoms with Gasteiger partial charge in [0.15, 0.2) is 0 Å². The first-order valence-corrected chi connectivity index (χ1v) is 16.1. The lowest BCUT2D eigenvalue weighted by Gasteiger charge is -2.61. The fourth-order valence-corrected chi connectivity index (χ4v) is 11.4. The predicted octanol–water partition coefficient (Wildman–Crippen LogP) is 9.72. The van der Waals surface area contributed by atoms with Gasteiger partial charge >= 0.3 is 0 Å². The smallest absolute Gasteiger partial charge is 0.0720 e. The Hall–Kier alpha value is -1.08. The van der Waals surface area contributed by atoms with Gasteiger partial charge in [-0.1, -0.05) is 84.0 Å². The molecule has 0 aromatic heterocycles. The quantitative estimate of drug-likeness (QED) is 0.321. The lowest BCUT2D eigenvalue weighted by atomic mass is 9.45. The zero-order valence-corrected chi connectivity index (χ0v) is 24.7. The molecule has 1 aromatic carbocycles. The van der Waals surface area contributed by atoms with E-state index in [1.165, 1.54) is 63.4 Å². The summed E-state index contributed by atoms with van der Waals surface area (Å²) >= 11 is 0. The molecule has 5 fully saturated rings. The third-order valence-electron chi connectivity index (χ3n) is 13.5. The van der Waals surface area contributed by atoms with Crippen LogP contribution in [0.1, 0.15) is 105 Å². The molecule has 0 bridgehead atoms. The Labute approximate surface area is 228 Å². The first kappa shape index (κ1) is 26.2. The van der Waals surface area contributed by atoms with E-state index in [1.54, 1.807) is 0 Å². The van der Waals surface area contributed by atoms with Crippen LogP contribution >= 0.6 is 0 Å². The van der Waals surface area contributed by atoms with Gasteiger partial charge < -0.3 is 4.74 Å². The number of ether oxygens (including phenoxy) is 1. The highest BCUT2D eigenvalue weighted by Gasteiger charge is 2.77. The molecule has 0 N–H and O–H groups in total. The van der Waals surface area contributed by atoms with E-state index in [-0.39, 0.29) is 0 Å². The molecular weight excluding hydrogens is 448 g/mol. The Morgan fingerprint density at radius 3 is 2.43 bits per heavy atom. The molecule has 1 heteroatoms. The molecule has 0 aliphatic heterocycles. The second-order valence-electron chi connectivity index (χ2n) is 15.1. The lowest BCUT2D eigenvalue weighted by molar-refractivity contribution is -0.172. The van der Waals surface area contributed by atoms with Crippen molar-refractivity contribution in [1.82, 2.24) is 0 Å². The summed E-state index contributed by atoms with van der Waals surface area (Å²) in [6.45, 7) is 15.9. The van der Waals surface area contributed by atoms with E-state index in [4.69, 9.17) is 4.74 Å². The predicted molar refractivity (Wildman–Crippen MR) is 155 cm³/mol. The highest BCUT2D eigenvalue weighted by molar-refractivity contribution is 5.26. The summed E-state index contributed by atoms with van der Waals surface area (Å²) in [7, 11) is 0. The van der Waals surface area contributed by atoms with Crippen molar-refractivity contribution < 1.29 is 4.74 Å². The first-order valence-electron chi connectivity index (χ1n) is 16.1. The molecular formula is C36H54O. The standard InChI is InChI=1S/C36H54O/c1-7-27(24(2)3)14-13-25(4)30-15-16-31-29-21-33(37-23-26-11-9-8-10-12-26)36-22-28(36)17-20-35(36,6)32(29)18-19-34(30,31)5/h8-14,24-25,27-33H,7,15-23H2,1-6H3/t25-,27-,28+,29+,30-,31+,32+,33+,34-,35-,36+/m1/s1. The van der Waals surface area contributed by atoms with Crippen LogP contribution in [-0.4, -0.2) is 6.10 Å². The lowest BCUT2D eigenvalue weighted by Crippen LogP contribution is -2.57. The molecule has 204 valence electrons. The van der Waals surface area contributed by atoms with Crippen LogP contribution in [0.3, 0.4) is 0 Å². The van der Waals surface area contributed by atoms with Gasteiger partial charge in [0.05, 0.1) is 12.7 Å². The first-order chi connectivity index (χ1) is 17.7. The third kappa shape index (κ3) is 3.95. The van der Waals surface area contributed by atoms with Gasteiger partial charge in [-0.15, -0.1) is 0 Å². The summed E-state index contributed by atoms with van der Waals surface area (Å²) in [5.74, 6) is 6.68. The topological polar surface area (TPSA) is 9.23 Å². The van der Waals surface area contributed by atoms with Crippen molar-refractivity contribution in [3.63, 3.8) is 0 Å². The average molecular weight is 503 g/mol. The monoisotopic (exact) mass is 502 g/mol. The third-order valence-corrected chi connectivity index (χ3v) is 13.5. The van der Waals surface area contributed by atoms with Gasteiger partial charge in [-0.05, 0) is 122 Å². The van der Waals surface area contributed by atoms with Crippen LogP contribution in [0.5, 0.6) is 0 Å². The van der Waals surface area contributed by atoms with Crippen LogP contribution in [-0.2, 0) is 11.3 Å². The number of allylic oxidation sites excluding steroid dienone is 2. The van der Waals surface area contributed by atoms with Gasteiger partial charge in [-0.2, -0.15) is 0 Å². The van der Waals surface area contributed by atoms with Crippen LogP contribution in [0, 0.1) is 63.6 Å². The van der Waals surface area contributed by atoms with Gasteiger partial charge in [-0.3, -0.25) is 0 Å². The summed E-state index contributed by atoms with van der Waals surface area (Å²) in [6, 6.07) is 11.0. The number of fused-ring (bicyclic) bond motifs is 4. The summed E-state index contributed by atoms with van der Waals surface area (Å²) in [5.41, 5.74) is 2.87.